The fourth-order valence-corrected chi connectivity index (χ4v) is 10.6. The van der Waals surface area contributed by atoms with Crippen molar-refractivity contribution in [3.05, 3.63) is 96.2 Å². The van der Waals surface area contributed by atoms with E-state index in [9.17, 15) is 4.79 Å². The van der Waals surface area contributed by atoms with E-state index in [1.54, 1.807) is 0 Å². The molecule has 0 spiro atoms. The van der Waals surface area contributed by atoms with Crippen molar-refractivity contribution in [2.45, 2.75) is 44.7 Å². The summed E-state index contributed by atoms with van der Waals surface area (Å²) in [5.74, 6) is 6.49. The molecule has 0 saturated carbocycles. The van der Waals surface area contributed by atoms with Crippen LogP contribution in [0.2, 0.25) is 5.04 Å². The predicted molar refractivity (Wildman–Crippen MR) is 164 cm³/mol. The van der Waals surface area contributed by atoms with Crippen LogP contribution in [0.3, 0.4) is 0 Å². The molecule has 0 saturated heterocycles. The quantitative estimate of drug-likeness (QED) is 0.195. The topological polar surface area (TPSA) is 54.6 Å². The lowest BCUT2D eigenvalue weighted by atomic mass is 9.95. The molecule has 1 atom stereocenters. The molecule has 1 aliphatic rings. The standard InChI is InChI=1S/C34H38N2O3Si/c1-34(2,3)40(26-15-7-5-8-16-26,27-17-9-6-10-18-27)39-24-14-13-22-36-23-21-29-28-19-11-12-20-30(28)35-33(29)31(36)25-32(37)38-4/h5-12,15-20,31,35H,21-25H2,1-4H3. The first-order valence-electron chi connectivity index (χ1n) is 14.0. The molecule has 2 heterocycles. The van der Waals surface area contributed by atoms with Gasteiger partial charge in [0.1, 0.15) is 0 Å². The van der Waals surface area contributed by atoms with Crippen LogP contribution in [-0.4, -0.2) is 51.0 Å². The number of benzene rings is 3. The van der Waals surface area contributed by atoms with Crippen molar-refractivity contribution in [1.29, 1.82) is 0 Å². The Kier molecular flexibility index (Phi) is 8.27. The van der Waals surface area contributed by atoms with Gasteiger partial charge >= 0.3 is 5.97 Å². The van der Waals surface area contributed by atoms with Crippen LogP contribution in [0.25, 0.3) is 10.9 Å². The van der Waals surface area contributed by atoms with E-state index in [1.807, 2.05) is 6.07 Å². The minimum Gasteiger partial charge on any atom is -0.469 e. The number of carbonyl (C=O) groups excluding carboxylic acids is 1. The lowest BCUT2D eigenvalue weighted by molar-refractivity contribution is -0.142. The van der Waals surface area contributed by atoms with Gasteiger partial charge in [-0.15, -0.1) is 0 Å². The largest absolute Gasteiger partial charge is 0.469 e. The maximum absolute atomic E-state index is 12.4. The number of para-hydroxylation sites is 1. The highest BCUT2D eigenvalue weighted by molar-refractivity contribution is 6.99. The van der Waals surface area contributed by atoms with Crippen molar-refractivity contribution < 1.29 is 14.0 Å². The van der Waals surface area contributed by atoms with Gasteiger partial charge in [0, 0.05) is 23.1 Å². The molecule has 0 radical (unpaired) electrons. The zero-order chi connectivity index (χ0) is 28.2. The van der Waals surface area contributed by atoms with Crippen molar-refractivity contribution in [2.24, 2.45) is 0 Å². The van der Waals surface area contributed by atoms with Gasteiger partial charge in [0.05, 0.1) is 32.7 Å². The number of rotatable bonds is 7. The molecule has 1 aliphatic heterocycles. The van der Waals surface area contributed by atoms with Crippen LogP contribution in [0.5, 0.6) is 0 Å². The monoisotopic (exact) mass is 550 g/mol. The maximum Gasteiger partial charge on any atom is 0.307 e. The summed E-state index contributed by atoms with van der Waals surface area (Å²) in [7, 11) is -1.18. The number of carbonyl (C=O) groups is 1. The fraction of sp³-hybridized carbons (Fsp3) is 0.324. The first-order valence-corrected chi connectivity index (χ1v) is 15.9. The number of ether oxygens (including phenoxy) is 1. The Morgan fingerprint density at radius 1 is 0.950 bits per heavy atom. The third-order valence-corrected chi connectivity index (χ3v) is 13.0. The van der Waals surface area contributed by atoms with Crippen LogP contribution in [0, 0.1) is 11.8 Å². The molecule has 5 rings (SSSR count). The van der Waals surface area contributed by atoms with E-state index < -0.39 is 8.32 Å². The Morgan fingerprint density at radius 2 is 1.57 bits per heavy atom. The Morgan fingerprint density at radius 3 is 2.20 bits per heavy atom. The Balaban J connectivity index is 1.38. The maximum atomic E-state index is 12.4. The molecule has 0 bridgehead atoms. The molecule has 6 heteroatoms. The minimum absolute atomic E-state index is 0.0953. The number of methoxy groups -OCH3 is 1. The number of hydrogen-bond acceptors (Lipinski definition) is 4. The first kappa shape index (κ1) is 27.9. The Hall–Kier alpha value is -3.63. The summed E-state index contributed by atoms with van der Waals surface area (Å²) in [6, 6.07) is 29.5. The fourth-order valence-electron chi connectivity index (χ4n) is 6.14. The molecule has 0 fully saturated rings. The van der Waals surface area contributed by atoms with E-state index in [-0.39, 0.29) is 23.5 Å². The van der Waals surface area contributed by atoms with E-state index in [1.165, 1.54) is 28.4 Å². The average molecular weight is 551 g/mol. The zero-order valence-corrected chi connectivity index (χ0v) is 24.9. The molecule has 0 amide bonds. The van der Waals surface area contributed by atoms with Gasteiger partial charge in [0.15, 0.2) is 0 Å². The lowest BCUT2D eigenvalue weighted by Crippen LogP contribution is -2.66. The zero-order valence-electron chi connectivity index (χ0n) is 23.9. The summed E-state index contributed by atoms with van der Waals surface area (Å²) in [5, 5.41) is 3.63. The van der Waals surface area contributed by atoms with Gasteiger partial charge in [-0.2, -0.15) is 0 Å². The second-order valence-corrected chi connectivity index (χ2v) is 15.7. The number of nitrogens with zero attached hydrogens (tertiary/aromatic N) is 1. The summed E-state index contributed by atoms with van der Waals surface area (Å²) in [6.45, 7) is 8.56. The van der Waals surface area contributed by atoms with Gasteiger partial charge in [-0.3, -0.25) is 9.69 Å². The Bertz CT molecular complexity index is 1470. The van der Waals surface area contributed by atoms with Crippen molar-refractivity contribution in [2.75, 3.05) is 26.8 Å². The van der Waals surface area contributed by atoms with E-state index >= 15 is 0 Å². The highest BCUT2D eigenvalue weighted by Gasteiger charge is 2.50. The van der Waals surface area contributed by atoms with Gasteiger partial charge in [-0.05, 0) is 33.5 Å². The highest BCUT2D eigenvalue weighted by Crippen LogP contribution is 2.37. The van der Waals surface area contributed by atoms with E-state index in [2.05, 4.69) is 121 Å². The van der Waals surface area contributed by atoms with Gasteiger partial charge in [-0.25, -0.2) is 0 Å². The number of aromatic nitrogens is 1. The highest BCUT2D eigenvalue weighted by atomic mass is 28.4. The van der Waals surface area contributed by atoms with Crippen LogP contribution < -0.4 is 10.4 Å². The lowest BCUT2D eigenvalue weighted by Gasteiger charge is -2.42. The predicted octanol–water partition coefficient (Wildman–Crippen LogP) is 5.21. The summed E-state index contributed by atoms with van der Waals surface area (Å²) in [4.78, 5) is 18.3. The molecule has 40 heavy (non-hydrogen) atoms. The molecule has 3 aromatic carbocycles. The molecule has 1 unspecified atom stereocenters. The van der Waals surface area contributed by atoms with E-state index in [0.29, 0.717) is 13.2 Å². The molecule has 1 N–H and O–H groups in total. The normalized spacial score (nSPS) is 15.8. The number of hydrogen-bond donors (Lipinski definition) is 1. The second kappa shape index (κ2) is 11.9. The van der Waals surface area contributed by atoms with Gasteiger partial charge in [-0.1, -0.05) is 111 Å². The van der Waals surface area contributed by atoms with Crippen molar-refractivity contribution in [1.82, 2.24) is 9.88 Å². The van der Waals surface area contributed by atoms with Gasteiger partial charge in [0.25, 0.3) is 8.32 Å². The number of aromatic amines is 1. The molecule has 5 nitrogen and oxygen atoms in total. The third kappa shape index (κ3) is 5.38. The average Bonchev–Trinajstić information content (AvgIpc) is 3.35. The smallest absolute Gasteiger partial charge is 0.307 e. The van der Waals surface area contributed by atoms with Crippen molar-refractivity contribution >= 4 is 35.6 Å². The van der Waals surface area contributed by atoms with E-state index in [0.717, 1.165) is 24.2 Å². The summed E-state index contributed by atoms with van der Waals surface area (Å²) in [5.41, 5.74) is 3.50. The number of nitrogens with one attached hydrogen (secondary N) is 1. The van der Waals surface area contributed by atoms with Gasteiger partial charge < -0.3 is 14.1 Å². The second-order valence-electron chi connectivity index (χ2n) is 11.4. The van der Waals surface area contributed by atoms with Crippen molar-refractivity contribution in [3.63, 3.8) is 0 Å². The molecule has 4 aromatic rings. The first-order chi connectivity index (χ1) is 19.3. The summed E-state index contributed by atoms with van der Waals surface area (Å²) >= 11 is 0. The molecule has 0 aliphatic carbocycles. The number of fused-ring (bicyclic) bond motifs is 3. The van der Waals surface area contributed by atoms with Crippen LogP contribution in [-0.2, 0) is 20.4 Å². The number of esters is 1. The Labute approximate surface area is 238 Å². The SMILES string of the molecule is COC(=O)CC1c2[nH]c3ccccc3c2CCN1CC#CCO[Si](c1ccccc1)(c1ccccc1)C(C)(C)C. The molecular formula is C34H38N2O3Si. The van der Waals surface area contributed by atoms with Crippen molar-refractivity contribution in [3.8, 4) is 11.8 Å². The molecule has 206 valence electrons. The third-order valence-electron chi connectivity index (χ3n) is 8.04. The number of H-pyrrole nitrogens is 1. The molecular weight excluding hydrogens is 512 g/mol. The summed E-state index contributed by atoms with van der Waals surface area (Å²) < 4.78 is 12.0. The van der Waals surface area contributed by atoms with Crippen LogP contribution in [0.15, 0.2) is 84.9 Å². The minimum atomic E-state index is -2.63. The molecule has 1 aromatic heterocycles. The van der Waals surface area contributed by atoms with Crippen LogP contribution in [0.4, 0.5) is 0 Å². The van der Waals surface area contributed by atoms with E-state index in [4.69, 9.17) is 9.16 Å². The van der Waals surface area contributed by atoms with Gasteiger partial charge in [0.2, 0.25) is 0 Å². The van der Waals surface area contributed by atoms with Crippen LogP contribution in [0.1, 0.15) is 44.5 Å². The van der Waals surface area contributed by atoms with Crippen LogP contribution >= 0.6 is 0 Å². The summed E-state index contributed by atoms with van der Waals surface area (Å²) in [6.07, 6.45) is 1.20.